The van der Waals surface area contributed by atoms with Gasteiger partial charge in [0.15, 0.2) is 0 Å². The number of hydrogen-bond donors (Lipinski definition) is 3. The molecule has 2 aliphatic rings. The van der Waals surface area contributed by atoms with Gasteiger partial charge < -0.3 is 20.5 Å². The topological polar surface area (TPSA) is 105 Å². The number of ether oxygens (including phenoxy) is 1. The number of carboxylic acid groups (broad SMARTS) is 1. The number of aliphatic carboxylic acids is 1. The van der Waals surface area contributed by atoms with Crippen LogP contribution >= 0.6 is 0 Å². The zero-order chi connectivity index (χ0) is 22.7. The Morgan fingerprint density at radius 3 is 2.28 bits per heavy atom. The molecule has 166 valence electrons. The van der Waals surface area contributed by atoms with Crippen molar-refractivity contribution in [3.8, 4) is 11.1 Å². The smallest absolute Gasteiger partial charge is 0.407 e. The van der Waals surface area contributed by atoms with Crippen molar-refractivity contribution in [2.45, 2.75) is 44.2 Å². The van der Waals surface area contributed by atoms with E-state index < -0.39 is 18.1 Å². The first kappa shape index (κ1) is 21.6. The predicted octanol–water partition coefficient (Wildman–Crippen LogP) is 3.59. The average molecular weight is 434 g/mol. The number of fused-ring (bicyclic) bond motifs is 3. The molecule has 0 saturated carbocycles. The lowest BCUT2D eigenvalue weighted by molar-refractivity contribution is -0.133. The molecule has 0 aromatic heterocycles. The molecule has 2 amide bonds. The molecule has 1 unspecified atom stereocenters. The highest BCUT2D eigenvalue weighted by molar-refractivity contribution is 5.87. The molecule has 0 saturated heterocycles. The van der Waals surface area contributed by atoms with Crippen LogP contribution in [0.15, 0.2) is 60.2 Å². The van der Waals surface area contributed by atoms with Crippen molar-refractivity contribution < 1.29 is 24.2 Å². The van der Waals surface area contributed by atoms with Crippen LogP contribution in [0.5, 0.6) is 0 Å². The number of hydrogen-bond acceptors (Lipinski definition) is 4. The molecule has 4 rings (SSSR count). The number of carbonyl (C=O) groups excluding carboxylic acids is 2. The summed E-state index contributed by atoms with van der Waals surface area (Å²) in [5.74, 6) is -1.21. The highest BCUT2D eigenvalue weighted by Gasteiger charge is 2.29. The summed E-state index contributed by atoms with van der Waals surface area (Å²) in [7, 11) is 0. The fraction of sp³-hybridized carbons (Fsp3) is 0.320. The second kappa shape index (κ2) is 9.26. The Bertz CT molecular complexity index is 1030. The van der Waals surface area contributed by atoms with E-state index in [4.69, 9.17) is 9.84 Å². The molecular weight excluding hydrogens is 408 g/mol. The van der Waals surface area contributed by atoms with E-state index >= 15 is 0 Å². The third-order valence-electron chi connectivity index (χ3n) is 5.95. The molecule has 2 aromatic rings. The van der Waals surface area contributed by atoms with Gasteiger partial charge in [0.05, 0.1) is 0 Å². The summed E-state index contributed by atoms with van der Waals surface area (Å²) in [6.07, 6.45) is 1.97. The van der Waals surface area contributed by atoms with E-state index in [2.05, 4.69) is 34.9 Å². The molecule has 2 aliphatic carbocycles. The quantitative estimate of drug-likeness (QED) is 0.618. The third kappa shape index (κ3) is 4.66. The van der Waals surface area contributed by atoms with Crippen molar-refractivity contribution in [2.75, 3.05) is 6.61 Å². The minimum absolute atomic E-state index is 0.0231. The van der Waals surface area contributed by atoms with Gasteiger partial charge in [-0.25, -0.2) is 9.59 Å². The number of nitrogens with one attached hydrogen (secondary N) is 2. The Kier molecular flexibility index (Phi) is 6.25. The van der Waals surface area contributed by atoms with Crippen LogP contribution in [0.4, 0.5) is 4.79 Å². The second-order valence-corrected chi connectivity index (χ2v) is 8.31. The van der Waals surface area contributed by atoms with Crippen LogP contribution in [0.3, 0.4) is 0 Å². The molecule has 0 heterocycles. The van der Waals surface area contributed by atoms with E-state index in [9.17, 15) is 14.4 Å². The van der Waals surface area contributed by atoms with Gasteiger partial charge in [0.25, 0.3) is 0 Å². The third-order valence-corrected chi connectivity index (χ3v) is 5.95. The maximum Gasteiger partial charge on any atom is 0.407 e. The van der Waals surface area contributed by atoms with E-state index in [1.807, 2.05) is 24.3 Å². The maximum atomic E-state index is 12.3. The molecule has 7 heteroatoms. The van der Waals surface area contributed by atoms with Crippen molar-refractivity contribution >= 4 is 18.0 Å². The Labute approximate surface area is 186 Å². The summed E-state index contributed by atoms with van der Waals surface area (Å²) in [6, 6.07) is 15.6. The monoisotopic (exact) mass is 434 g/mol. The highest BCUT2D eigenvalue weighted by Crippen LogP contribution is 2.44. The minimum Gasteiger partial charge on any atom is -0.478 e. The Hall–Kier alpha value is -3.61. The maximum absolute atomic E-state index is 12.3. The van der Waals surface area contributed by atoms with Gasteiger partial charge >= 0.3 is 12.1 Å². The number of rotatable bonds is 7. The van der Waals surface area contributed by atoms with Crippen molar-refractivity contribution in [3.05, 3.63) is 71.3 Å². The number of alkyl carbamates (subject to hydrolysis) is 1. The molecule has 2 aromatic carbocycles. The van der Waals surface area contributed by atoms with Crippen LogP contribution < -0.4 is 10.6 Å². The molecule has 0 aliphatic heterocycles. The van der Waals surface area contributed by atoms with E-state index in [-0.39, 0.29) is 30.9 Å². The van der Waals surface area contributed by atoms with Crippen molar-refractivity contribution in [1.29, 1.82) is 0 Å². The Balaban J connectivity index is 1.26. The number of amides is 2. The van der Waals surface area contributed by atoms with E-state index in [0.717, 1.165) is 22.3 Å². The summed E-state index contributed by atoms with van der Waals surface area (Å²) >= 11 is 0. The molecule has 0 spiro atoms. The van der Waals surface area contributed by atoms with E-state index in [1.54, 1.807) is 13.0 Å². The predicted molar refractivity (Wildman–Crippen MR) is 119 cm³/mol. The molecule has 0 fully saturated rings. The number of carbonyl (C=O) groups is 3. The Morgan fingerprint density at radius 1 is 1.06 bits per heavy atom. The second-order valence-electron chi connectivity index (χ2n) is 8.31. The summed E-state index contributed by atoms with van der Waals surface area (Å²) in [5, 5.41) is 14.5. The van der Waals surface area contributed by atoms with Crippen LogP contribution in [-0.4, -0.2) is 41.8 Å². The molecule has 3 N–H and O–H groups in total. The van der Waals surface area contributed by atoms with Crippen LogP contribution in [0.25, 0.3) is 11.1 Å². The average Bonchev–Trinajstić information content (AvgIpc) is 3.35. The summed E-state index contributed by atoms with van der Waals surface area (Å²) in [4.78, 5) is 35.6. The first-order chi connectivity index (χ1) is 15.4. The summed E-state index contributed by atoms with van der Waals surface area (Å²) in [5.41, 5.74) is 4.92. The highest BCUT2D eigenvalue weighted by atomic mass is 16.5. The van der Waals surface area contributed by atoms with Gasteiger partial charge in [-0.2, -0.15) is 0 Å². The minimum atomic E-state index is -0.952. The van der Waals surface area contributed by atoms with Gasteiger partial charge in [-0.15, -0.1) is 0 Å². The molecule has 32 heavy (non-hydrogen) atoms. The van der Waals surface area contributed by atoms with Crippen LogP contribution in [-0.2, 0) is 14.3 Å². The number of benzene rings is 2. The van der Waals surface area contributed by atoms with Gasteiger partial charge in [-0.05, 0) is 42.0 Å². The Morgan fingerprint density at radius 2 is 1.69 bits per heavy atom. The van der Waals surface area contributed by atoms with Crippen LogP contribution in [0.2, 0.25) is 0 Å². The molecule has 2 atom stereocenters. The zero-order valence-electron chi connectivity index (χ0n) is 17.8. The normalized spacial score (nSPS) is 17.7. The van der Waals surface area contributed by atoms with Gasteiger partial charge in [0.2, 0.25) is 5.91 Å². The van der Waals surface area contributed by atoms with Crippen LogP contribution in [0.1, 0.15) is 43.2 Å². The standard InChI is InChI=1S/C25H26N2O5/c1-15(12-23(28)27-17-11-10-16(13-17)24(29)30)26-25(31)32-14-22-20-8-4-2-6-18(20)19-7-3-5-9-21(19)22/h2-10,15,17,22H,11-14H2,1H3,(H,26,31)(H,27,28)(H,29,30)/t15-,17?/m0/s1. The molecular formula is C25H26N2O5. The largest absolute Gasteiger partial charge is 0.478 e. The molecule has 7 nitrogen and oxygen atoms in total. The van der Waals surface area contributed by atoms with E-state index in [0.29, 0.717) is 18.4 Å². The molecule has 0 radical (unpaired) electrons. The van der Waals surface area contributed by atoms with Crippen molar-refractivity contribution in [3.63, 3.8) is 0 Å². The SMILES string of the molecule is C[C@@H](CC(=O)NC1CC=C(C(=O)O)C1)NC(=O)OCC1c2ccccc2-c2ccccc21. The van der Waals surface area contributed by atoms with Gasteiger partial charge in [-0.3, -0.25) is 4.79 Å². The molecule has 0 bridgehead atoms. The fourth-order valence-electron chi connectivity index (χ4n) is 4.46. The van der Waals surface area contributed by atoms with Gasteiger partial charge in [0.1, 0.15) is 6.61 Å². The lowest BCUT2D eigenvalue weighted by atomic mass is 9.98. The lowest BCUT2D eigenvalue weighted by Crippen LogP contribution is -2.40. The summed E-state index contributed by atoms with van der Waals surface area (Å²) in [6.45, 7) is 1.95. The van der Waals surface area contributed by atoms with Gasteiger partial charge in [-0.1, -0.05) is 54.6 Å². The van der Waals surface area contributed by atoms with Gasteiger partial charge in [0, 0.05) is 30.0 Å². The fourth-order valence-corrected chi connectivity index (χ4v) is 4.46. The summed E-state index contributed by atoms with van der Waals surface area (Å²) < 4.78 is 5.51. The van der Waals surface area contributed by atoms with Crippen molar-refractivity contribution in [2.24, 2.45) is 0 Å². The first-order valence-corrected chi connectivity index (χ1v) is 10.8. The van der Waals surface area contributed by atoms with Crippen LogP contribution in [0, 0.1) is 0 Å². The number of carboxylic acids is 1. The lowest BCUT2D eigenvalue weighted by Gasteiger charge is -2.18. The zero-order valence-corrected chi connectivity index (χ0v) is 17.8. The van der Waals surface area contributed by atoms with E-state index in [1.165, 1.54) is 0 Å². The first-order valence-electron chi connectivity index (χ1n) is 10.8. The van der Waals surface area contributed by atoms with Crippen molar-refractivity contribution in [1.82, 2.24) is 10.6 Å².